The number of rotatable bonds is 1. The molecule has 0 bridgehead atoms. The second kappa shape index (κ2) is 3.93. The van der Waals surface area contributed by atoms with Crippen molar-refractivity contribution in [3.8, 4) is 0 Å². The normalized spacial score (nSPS) is 23.7. The molecule has 15 heavy (non-hydrogen) atoms. The summed E-state index contributed by atoms with van der Waals surface area (Å²) < 4.78 is 0. The highest BCUT2D eigenvalue weighted by molar-refractivity contribution is 6.80. The molecule has 80 valence electrons. The Morgan fingerprint density at radius 1 is 1.47 bits per heavy atom. The van der Waals surface area contributed by atoms with Crippen LogP contribution in [0.4, 0.5) is 5.82 Å². The number of aromatic amines is 1. The minimum Gasteiger partial charge on any atom is -0.390 e. The summed E-state index contributed by atoms with van der Waals surface area (Å²) in [7, 11) is 2.18. The van der Waals surface area contributed by atoms with Gasteiger partial charge in [0.1, 0.15) is 5.82 Å². The molecule has 1 saturated heterocycles. The number of anilines is 1. The van der Waals surface area contributed by atoms with Crippen LogP contribution in [-0.4, -0.2) is 42.4 Å². The maximum absolute atomic E-state index is 4.02. The number of nitrogens with one attached hydrogen (secondary N) is 1. The molecule has 0 spiro atoms. The van der Waals surface area contributed by atoms with Crippen LogP contribution in [0, 0.1) is 0 Å². The van der Waals surface area contributed by atoms with Crippen LogP contribution in [0.1, 0.15) is 6.92 Å². The first kappa shape index (κ1) is 10.6. The average molecular weight is 204 g/mol. The number of nitrogens with zero attached hydrogens (tertiary/aromatic N) is 3. The molecule has 1 N–H and O–H groups in total. The van der Waals surface area contributed by atoms with Crippen LogP contribution in [0.5, 0.6) is 0 Å². The van der Waals surface area contributed by atoms with E-state index >= 15 is 0 Å². The molecule has 0 amide bonds. The summed E-state index contributed by atoms with van der Waals surface area (Å²) >= 11 is 0. The van der Waals surface area contributed by atoms with Crippen LogP contribution in [0.2, 0.25) is 19.4 Å². The van der Waals surface area contributed by atoms with Gasteiger partial charge in [-0.3, -0.25) is 5.10 Å². The molecule has 6 heteroatoms. The summed E-state index contributed by atoms with van der Waals surface area (Å²) in [6.45, 7) is 9.06. The van der Waals surface area contributed by atoms with Gasteiger partial charge in [0.2, 0.25) is 6.85 Å². The zero-order valence-electron chi connectivity index (χ0n) is 9.94. The maximum Gasteiger partial charge on any atom is 0.251 e. The molecule has 1 aromatic heterocycles. The first-order valence-corrected chi connectivity index (χ1v) is 5.57. The molecule has 1 aliphatic rings. The summed E-state index contributed by atoms with van der Waals surface area (Å²) in [5, 5.41) is 7.06. The lowest BCUT2D eigenvalue weighted by molar-refractivity contribution is 0.517. The Hall–Kier alpha value is -0.900. The Morgan fingerprint density at radius 3 is 2.80 bits per heavy atom. The Balaban J connectivity index is 2.20. The van der Waals surface area contributed by atoms with E-state index in [-0.39, 0.29) is 0 Å². The predicted octanol–water partition coefficient (Wildman–Crippen LogP) is 1.29. The molecule has 1 atom stereocenters. The fourth-order valence-electron chi connectivity index (χ4n) is 2.29. The number of H-pyrrole nitrogens is 1. The quantitative estimate of drug-likeness (QED) is 0.699. The van der Waals surface area contributed by atoms with E-state index in [0.29, 0.717) is 19.4 Å². The van der Waals surface area contributed by atoms with Crippen LogP contribution in [0.3, 0.4) is 0 Å². The van der Waals surface area contributed by atoms with E-state index in [2.05, 4.69) is 47.4 Å². The van der Waals surface area contributed by atoms with Crippen molar-refractivity contribution < 1.29 is 0 Å². The summed E-state index contributed by atoms with van der Waals surface area (Å²) in [5.74, 6) is 1.12. The molecule has 4 nitrogen and oxygen atoms in total. The number of aromatic nitrogens is 2. The Morgan fingerprint density at radius 2 is 2.20 bits per heavy atom. The minimum absolute atomic E-state index is 0.552. The van der Waals surface area contributed by atoms with Gasteiger partial charge >= 0.3 is 0 Å². The molecule has 1 aliphatic heterocycles. The van der Waals surface area contributed by atoms with E-state index in [4.69, 9.17) is 0 Å². The fraction of sp³-hybridized carbons (Fsp3) is 0.667. The van der Waals surface area contributed by atoms with Crippen molar-refractivity contribution >= 4 is 19.5 Å². The zero-order chi connectivity index (χ0) is 11.0. The SMILES string of the molecule is CB1C(C)B(C)N(c2ccn[nH]2)CN1C. The lowest BCUT2D eigenvalue weighted by Crippen LogP contribution is -2.59. The van der Waals surface area contributed by atoms with Crippen molar-refractivity contribution in [2.24, 2.45) is 0 Å². The van der Waals surface area contributed by atoms with Gasteiger partial charge in [0.25, 0.3) is 6.85 Å². The zero-order valence-corrected chi connectivity index (χ0v) is 9.94. The standard InChI is InChI=1S/C9H18B2N4/c1-8-10(2)14(4)7-15(11(8)3)9-5-6-12-13-9/h5-6,8H,7H2,1-4H3,(H,12,13). The van der Waals surface area contributed by atoms with Crippen LogP contribution in [0.15, 0.2) is 12.3 Å². The van der Waals surface area contributed by atoms with Gasteiger partial charge < -0.3 is 9.62 Å². The van der Waals surface area contributed by atoms with E-state index in [1.165, 1.54) is 0 Å². The highest BCUT2D eigenvalue weighted by atomic mass is 15.3. The fourth-order valence-corrected chi connectivity index (χ4v) is 2.29. The van der Waals surface area contributed by atoms with Crippen molar-refractivity contribution in [3.63, 3.8) is 0 Å². The molecule has 0 aromatic carbocycles. The highest BCUT2D eigenvalue weighted by Crippen LogP contribution is 2.27. The molecule has 1 unspecified atom stereocenters. The van der Waals surface area contributed by atoms with Gasteiger partial charge in [0.15, 0.2) is 0 Å². The first-order chi connectivity index (χ1) is 7.11. The molecule has 0 aliphatic carbocycles. The summed E-state index contributed by atoms with van der Waals surface area (Å²) in [4.78, 5) is 4.75. The average Bonchev–Trinajstić information content (AvgIpc) is 2.73. The summed E-state index contributed by atoms with van der Waals surface area (Å²) in [6.07, 6.45) is 1.81. The predicted molar refractivity (Wildman–Crippen MR) is 66.4 cm³/mol. The third-order valence-corrected chi connectivity index (χ3v) is 3.88. The topological polar surface area (TPSA) is 35.2 Å². The smallest absolute Gasteiger partial charge is 0.251 e. The van der Waals surface area contributed by atoms with Crippen molar-refractivity contribution in [1.82, 2.24) is 15.0 Å². The van der Waals surface area contributed by atoms with Crippen molar-refractivity contribution in [2.75, 3.05) is 18.5 Å². The van der Waals surface area contributed by atoms with Crippen LogP contribution in [0.25, 0.3) is 0 Å². The van der Waals surface area contributed by atoms with Gasteiger partial charge in [-0.25, -0.2) is 0 Å². The third kappa shape index (κ3) is 1.78. The Bertz CT molecular complexity index is 316. The molecule has 1 fully saturated rings. The van der Waals surface area contributed by atoms with Crippen molar-refractivity contribution in [1.29, 1.82) is 0 Å². The minimum atomic E-state index is 0.552. The third-order valence-electron chi connectivity index (χ3n) is 3.88. The van der Waals surface area contributed by atoms with Gasteiger partial charge in [0, 0.05) is 6.67 Å². The second-order valence-electron chi connectivity index (χ2n) is 4.65. The Labute approximate surface area is 92.2 Å². The molecular weight excluding hydrogens is 186 g/mol. The summed E-state index contributed by atoms with van der Waals surface area (Å²) in [6, 6.07) is 2.03. The van der Waals surface area contributed by atoms with Gasteiger partial charge in [-0.1, -0.05) is 26.3 Å². The van der Waals surface area contributed by atoms with Crippen LogP contribution >= 0.6 is 0 Å². The summed E-state index contributed by atoms with van der Waals surface area (Å²) in [5.41, 5.74) is 0.659. The molecule has 1 aromatic rings. The molecule has 0 saturated carbocycles. The Kier molecular flexibility index (Phi) is 2.78. The monoisotopic (exact) mass is 204 g/mol. The molecular formula is C9H18B2N4. The van der Waals surface area contributed by atoms with Crippen LogP contribution in [-0.2, 0) is 0 Å². The van der Waals surface area contributed by atoms with E-state index in [0.717, 1.165) is 12.5 Å². The highest BCUT2D eigenvalue weighted by Gasteiger charge is 2.38. The van der Waals surface area contributed by atoms with E-state index in [1.54, 1.807) is 0 Å². The lowest BCUT2D eigenvalue weighted by atomic mass is 9.31. The van der Waals surface area contributed by atoms with Gasteiger partial charge in [-0.15, -0.1) is 0 Å². The van der Waals surface area contributed by atoms with Crippen molar-refractivity contribution in [2.45, 2.75) is 26.3 Å². The maximum atomic E-state index is 4.02. The molecule has 2 rings (SSSR count). The lowest BCUT2D eigenvalue weighted by Gasteiger charge is -2.44. The van der Waals surface area contributed by atoms with Gasteiger partial charge in [-0.05, 0) is 13.1 Å². The van der Waals surface area contributed by atoms with E-state index in [9.17, 15) is 0 Å². The van der Waals surface area contributed by atoms with E-state index in [1.807, 2.05) is 12.3 Å². The largest absolute Gasteiger partial charge is 0.390 e. The first-order valence-electron chi connectivity index (χ1n) is 5.57. The van der Waals surface area contributed by atoms with Crippen LogP contribution < -0.4 is 4.81 Å². The van der Waals surface area contributed by atoms with Gasteiger partial charge in [-0.2, -0.15) is 5.10 Å². The number of hydrogen-bond acceptors (Lipinski definition) is 3. The van der Waals surface area contributed by atoms with E-state index < -0.39 is 0 Å². The number of hydrogen-bond donors (Lipinski definition) is 1. The molecule has 0 radical (unpaired) electrons. The second-order valence-corrected chi connectivity index (χ2v) is 4.65. The molecule has 2 heterocycles. The van der Waals surface area contributed by atoms with Gasteiger partial charge in [0.05, 0.1) is 6.20 Å². The van der Waals surface area contributed by atoms with Crippen molar-refractivity contribution in [3.05, 3.63) is 12.3 Å².